The zero-order valence-corrected chi connectivity index (χ0v) is 12.7. The number of carbonyl (C=O) groups is 1. The topological polar surface area (TPSA) is 73.3 Å². The summed E-state index contributed by atoms with van der Waals surface area (Å²) in [6, 6.07) is 3.63. The van der Waals surface area contributed by atoms with Crippen LogP contribution in [0.1, 0.15) is 6.92 Å². The van der Waals surface area contributed by atoms with Crippen molar-refractivity contribution in [3.63, 3.8) is 0 Å². The molecular weight excluding hydrogens is 315 g/mol. The number of carbonyl (C=O) groups excluding carboxylic acids is 1. The van der Waals surface area contributed by atoms with Crippen molar-refractivity contribution in [2.45, 2.75) is 6.92 Å². The number of nitrogens with zero attached hydrogens (tertiary/aromatic N) is 1. The number of H-pyrrole nitrogens is 1. The molecule has 1 aromatic heterocycles. The number of aryl methyl sites for hydroxylation is 1. The summed E-state index contributed by atoms with van der Waals surface area (Å²) in [6.07, 6.45) is 0. The van der Waals surface area contributed by atoms with Crippen molar-refractivity contribution < 1.29 is 18.7 Å². The zero-order valence-electron chi connectivity index (χ0n) is 12.0. The largest absolute Gasteiger partial charge is 0.480 e. The third-order valence-corrected chi connectivity index (χ3v) is 3.14. The van der Waals surface area contributed by atoms with Crippen LogP contribution in [-0.4, -0.2) is 29.0 Å². The van der Waals surface area contributed by atoms with Crippen LogP contribution in [-0.2, 0) is 16.6 Å². The fourth-order valence-electron chi connectivity index (χ4n) is 1.81. The number of nitrogens with one attached hydrogen (secondary N) is 1. The highest BCUT2D eigenvalue weighted by molar-refractivity contribution is 6.32. The monoisotopic (exact) mass is 328 g/mol. The van der Waals surface area contributed by atoms with Crippen LogP contribution in [0.25, 0.3) is 11.3 Å². The lowest BCUT2D eigenvalue weighted by Gasteiger charge is -2.10. The van der Waals surface area contributed by atoms with Crippen LogP contribution in [0.4, 0.5) is 4.39 Å². The lowest BCUT2D eigenvalue weighted by molar-refractivity contribution is -0.145. The van der Waals surface area contributed by atoms with E-state index in [1.54, 1.807) is 6.92 Å². The minimum absolute atomic E-state index is 0.0174. The second-order valence-corrected chi connectivity index (χ2v) is 4.83. The molecule has 0 aliphatic rings. The molecule has 0 aliphatic heterocycles. The first-order valence-electron chi connectivity index (χ1n) is 6.46. The van der Waals surface area contributed by atoms with Crippen LogP contribution in [0.2, 0.25) is 5.02 Å². The summed E-state index contributed by atoms with van der Waals surface area (Å²) in [6.45, 7) is 1.56. The molecule has 2 rings (SSSR count). The van der Waals surface area contributed by atoms with E-state index < -0.39 is 11.8 Å². The number of hydrogen-bond acceptors (Lipinski definition) is 4. The van der Waals surface area contributed by atoms with Gasteiger partial charge in [0.1, 0.15) is 11.6 Å². The minimum atomic E-state index is -0.615. The van der Waals surface area contributed by atoms with Gasteiger partial charge in [0, 0.05) is 18.7 Å². The van der Waals surface area contributed by atoms with Gasteiger partial charge in [-0.05, 0) is 19.1 Å². The normalized spacial score (nSPS) is 10.5. The maximum Gasteiger partial charge on any atom is 0.344 e. The van der Waals surface area contributed by atoms with E-state index in [4.69, 9.17) is 21.1 Å². The van der Waals surface area contributed by atoms with E-state index >= 15 is 0 Å². The smallest absolute Gasteiger partial charge is 0.344 e. The Hall–Kier alpha value is -2.28. The van der Waals surface area contributed by atoms with Crippen LogP contribution >= 0.6 is 11.6 Å². The van der Waals surface area contributed by atoms with E-state index in [1.165, 1.54) is 23.9 Å². The van der Waals surface area contributed by atoms with E-state index in [9.17, 15) is 14.0 Å². The van der Waals surface area contributed by atoms with E-state index in [0.717, 1.165) is 6.07 Å². The van der Waals surface area contributed by atoms with Crippen molar-refractivity contribution in [2.75, 3.05) is 13.2 Å². The fourth-order valence-corrected chi connectivity index (χ4v) is 2.02. The number of aromatic amines is 1. The average molecular weight is 329 g/mol. The molecule has 0 radical (unpaired) electrons. The van der Waals surface area contributed by atoms with Crippen LogP contribution in [0.15, 0.2) is 23.0 Å². The molecule has 2 aromatic rings. The van der Waals surface area contributed by atoms with Crippen LogP contribution < -0.4 is 10.3 Å². The van der Waals surface area contributed by atoms with Crippen LogP contribution in [0.3, 0.4) is 0 Å². The van der Waals surface area contributed by atoms with Gasteiger partial charge >= 0.3 is 5.97 Å². The fraction of sp³-hybridized carbons (Fsp3) is 0.286. The number of hydrogen-bond donors (Lipinski definition) is 1. The van der Waals surface area contributed by atoms with Gasteiger partial charge in [0.2, 0.25) is 0 Å². The second-order valence-electron chi connectivity index (χ2n) is 4.42. The maximum atomic E-state index is 14.0. The molecule has 1 aromatic carbocycles. The molecule has 22 heavy (non-hydrogen) atoms. The van der Waals surface area contributed by atoms with Crippen molar-refractivity contribution in [3.05, 3.63) is 39.4 Å². The standard InChI is InChI=1S/C14H14ClFN2O4/c1-3-21-14(20)7-22-12-4-8(10(16)5-9(12)15)11-6-13(19)18(2)17-11/h4-6,17H,3,7H2,1-2H3. The number of ether oxygens (including phenoxy) is 2. The lowest BCUT2D eigenvalue weighted by atomic mass is 10.1. The summed E-state index contributed by atoms with van der Waals surface area (Å²) in [5.41, 5.74) is 0.0851. The van der Waals surface area contributed by atoms with E-state index in [2.05, 4.69) is 5.10 Å². The molecule has 0 saturated carbocycles. The minimum Gasteiger partial charge on any atom is -0.480 e. The third kappa shape index (κ3) is 3.48. The molecule has 6 nitrogen and oxygen atoms in total. The number of benzene rings is 1. The number of aromatic nitrogens is 2. The number of rotatable bonds is 5. The Bertz CT molecular complexity index is 754. The molecule has 0 aliphatic carbocycles. The molecule has 0 spiro atoms. The van der Waals surface area contributed by atoms with Crippen molar-refractivity contribution in [2.24, 2.45) is 7.05 Å². The highest BCUT2D eigenvalue weighted by Crippen LogP contribution is 2.32. The van der Waals surface area contributed by atoms with Gasteiger partial charge in [-0.1, -0.05) is 11.6 Å². The Morgan fingerprint density at radius 1 is 1.41 bits per heavy atom. The summed E-state index contributed by atoms with van der Waals surface area (Å²) < 4.78 is 25.2. The molecule has 1 heterocycles. The first-order valence-corrected chi connectivity index (χ1v) is 6.84. The number of halogens is 2. The summed E-state index contributed by atoms with van der Waals surface area (Å²) >= 11 is 5.89. The van der Waals surface area contributed by atoms with Crippen molar-refractivity contribution >= 4 is 17.6 Å². The Morgan fingerprint density at radius 2 is 2.14 bits per heavy atom. The molecule has 1 N–H and O–H groups in total. The second kappa shape index (κ2) is 6.65. The highest BCUT2D eigenvalue weighted by atomic mass is 35.5. The summed E-state index contributed by atoms with van der Waals surface area (Å²) in [4.78, 5) is 22.7. The highest BCUT2D eigenvalue weighted by Gasteiger charge is 2.15. The molecule has 0 amide bonds. The molecular formula is C14H14ClFN2O4. The van der Waals surface area contributed by atoms with Gasteiger partial charge in [0.15, 0.2) is 6.61 Å². The van der Waals surface area contributed by atoms with Crippen molar-refractivity contribution in [1.29, 1.82) is 0 Å². The Labute approximate surface area is 130 Å². The predicted molar refractivity (Wildman–Crippen MR) is 78.6 cm³/mol. The van der Waals surface area contributed by atoms with Gasteiger partial charge < -0.3 is 9.47 Å². The van der Waals surface area contributed by atoms with Crippen LogP contribution in [0, 0.1) is 5.82 Å². The Balaban J connectivity index is 2.30. The van der Waals surface area contributed by atoms with E-state index in [-0.39, 0.29) is 40.8 Å². The molecule has 0 bridgehead atoms. The number of esters is 1. The predicted octanol–water partition coefficient (Wildman–Crippen LogP) is 2.11. The molecule has 0 atom stereocenters. The zero-order chi connectivity index (χ0) is 16.3. The Kier molecular flexibility index (Phi) is 4.87. The van der Waals surface area contributed by atoms with Crippen molar-refractivity contribution in [3.8, 4) is 17.0 Å². The molecule has 8 heteroatoms. The van der Waals surface area contributed by atoms with Gasteiger partial charge in [-0.3, -0.25) is 14.6 Å². The molecule has 0 fully saturated rings. The molecule has 118 valence electrons. The first-order chi connectivity index (χ1) is 10.4. The first kappa shape index (κ1) is 16.1. The van der Waals surface area contributed by atoms with Gasteiger partial charge in [0.25, 0.3) is 5.56 Å². The lowest BCUT2D eigenvalue weighted by Crippen LogP contribution is -2.14. The Morgan fingerprint density at radius 3 is 2.73 bits per heavy atom. The quantitative estimate of drug-likeness (QED) is 0.853. The average Bonchev–Trinajstić information content (AvgIpc) is 2.78. The third-order valence-electron chi connectivity index (χ3n) is 2.85. The van der Waals surface area contributed by atoms with Gasteiger partial charge in [-0.15, -0.1) is 0 Å². The summed E-state index contributed by atoms with van der Waals surface area (Å²) in [5.74, 6) is -1.05. The van der Waals surface area contributed by atoms with Gasteiger partial charge in [-0.25, -0.2) is 9.18 Å². The SMILES string of the molecule is CCOC(=O)COc1cc(-c2cc(=O)n(C)[nH]2)c(F)cc1Cl. The van der Waals surface area contributed by atoms with Gasteiger partial charge in [0.05, 0.1) is 17.3 Å². The van der Waals surface area contributed by atoms with E-state index in [1.807, 2.05) is 0 Å². The van der Waals surface area contributed by atoms with Gasteiger partial charge in [-0.2, -0.15) is 0 Å². The molecule has 0 saturated heterocycles. The van der Waals surface area contributed by atoms with Crippen LogP contribution in [0.5, 0.6) is 5.75 Å². The molecule has 0 unspecified atom stereocenters. The van der Waals surface area contributed by atoms with Crippen molar-refractivity contribution in [1.82, 2.24) is 9.78 Å². The van der Waals surface area contributed by atoms with E-state index in [0.29, 0.717) is 0 Å². The summed E-state index contributed by atoms with van der Waals surface area (Å²) in [7, 11) is 1.51. The summed E-state index contributed by atoms with van der Waals surface area (Å²) in [5, 5.41) is 2.72. The maximum absolute atomic E-state index is 14.0.